The second-order valence-corrected chi connectivity index (χ2v) is 4.82. The highest BCUT2D eigenvalue weighted by Crippen LogP contribution is 2.06. The zero-order valence-corrected chi connectivity index (χ0v) is 14.7. The lowest BCUT2D eigenvalue weighted by molar-refractivity contribution is 0.726. The SMILES string of the molecule is CCNC(=NCc1ccsc1)NCc1nncn1C.I. The van der Waals surface area contributed by atoms with Crippen LogP contribution in [0.1, 0.15) is 18.3 Å². The molecule has 8 heteroatoms. The summed E-state index contributed by atoms with van der Waals surface area (Å²) in [4.78, 5) is 4.53. The molecule has 0 saturated carbocycles. The normalized spacial score (nSPS) is 11.0. The van der Waals surface area contributed by atoms with Gasteiger partial charge in [0.05, 0.1) is 13.1 Å². The minimum atomic E-state index is 0. The summed E-state index contributed by atoms with van der Waals surface area (Å²) in [6.07, 6.45) is 1.69. The summed E-state index contributed by atoms with van der Waals surface area (Å²) in [5.74, 6) is 1.66. The highest BCUT2D eigenvalue weighted by atomic mass is 127. The summed E-state index contributed by atoms with van der Waals surface area (Å²) in [7, 11) is 1.92. The van der Waals surface area contributed by atoms with Crippen LogP contribution in [-0.4, -0.2) is 27.3 Å². The molecule has 0 bridgehead atoms. The van der Waals surface area contributed by atoms with Gasteiger partial charge in [-0.2, -0.15) is 11.3 Å². The molecule has 2 aromatic rings. The van der Waals surface area contributed by atoms with Crippen molar-refractivity contribution >= 4 is 41.3 Å². The van der Waals surface area contributed by atoms with Gasteiger partial charge >= 0.3 is 0 Å². The van der Waals surface area contributed by atoms with E-state index in [4.69, 9.17) is 0 Å². The van der Waals surface area contributed by atoms with E-state index in [0.717, 1.165) is 18.3 Å². The van der Waals surface area contributed by atoms with Gasteiger partial charge in [0.25, 0.3) is 0 Å². The lowest BCUT2D eigenvalue weighted by Gasteiger charge is -2.10. The number of aliphatic imine (C=N–C) groups is 1. The molecule has 0 atom stereocenters. The maximum absolute atomic E-state index is 4.53. The second-order valence-electron chi connectivity index (χ2n) is 4.04. The van der Waals surface area contributed by atoms with Crippen LogP contribution in [0.25, 0.3) is 0 Å². The van der Waals surface area contributed by atoms with Gasteiger partial charge in [-0.3, -0.25) is 0 Å². The van der Waals surface area contributed by atoms with Crippen molar-refractivity contribution in [1.82, 2.24) is 25.4 Å². The van der Waals surface area contributed by atoms with Crippen LogP contribution < -0.4 is 10.6 Å². The number of nitrogens with zero attached hydrogens (tertiary/aromatic N) is 4. The van der Waals surface area contributed by atoms with Crippen molar-refractivity contribution in [3.63, 3.8) is 0 Å². The number of thiophene rings is 1. The fourth-order valence-electron chi connectivity index (χ4n) is 1.52. The van der Waals surface area contributed by atoms with Crippen LogP contribution >= 0.6 is 35.3 Å². The predicted molar refractivity (Wildman–Crippen MR) is 92.4 cm³/mol. The van der Waals surface area contributed by atoms with Crippen LogP contribution in [0.4, 0.5) is 0 Å². The molecule has 110 valence electrons. The Balaban J connectivity index is 0.00000200. The summed E-state index contributed by atoms with van der Waals surface area (Å²) < 4.78 is 1.88. The van der Waals surface area contributed by atoms with Crippen LogP contribution in [0.3, 0.4) is 0 Å². The number of aryl methyl sites for hydroxylation is 1. The maximum Gasteiger partial charge on any atom is 0.191 e. The standard InChI is InChI=1S/C12H18N6S.HI/c1-3-13-12(14-6-10-4-5-19-8-10)15-7-11-17-16-9-18(11)2;/h4-5,8-9H,3,6-7H2,1-2H3,(H2,13,14,15);1H. The first-order valence-electron chi connectivity index (χ1n) is 6.15. The minimum absolute atomic E-state index is 0. The Hall–Kier alpha value is -1.16. The quantitative estimate of drug-likeness (QED) is 0.451. The van der Waals surface area contributed by atoms with Crippen molar-refractivity contribution in [2.24, 2.45) is 12.0 Å². The molecule has 0 saturated heterocycles. The molecular formula is C12H19IN6S. The van der Waals surface area contributed by atoms with E-state index in [1.807, 2.05) is 18.5 Å². The van der Waals surface area contributed by atoms with Gasteiger partial charge in [-0.05, 0) is 29.3 Å². The van der Waals surface area contributed by atoms with Crippen LogP contribution in [0.5, 0.6) is 0 Å². The lowest BCUT2D eigenvalue weighted by Crippen LogP contribution is -2.37. The molecule has 6 nitrogen and oxygen atoms in total. The Morgan fingerprint density at radius 3 is 2.90 bits per heavy atom. The van der Waals surface area contributed by atoms with Gasteiger partial charge < -0.3 is 15.2 Å². The number of nitrogens with one attached hydrogen (secondary N) is 2. The van der Waals surface area contributed by atoms with Crippen LogP contribution in [0.15, 0.2) is 28.1 Å². The van der Waals surface area contributed by atoms with Crippen molar-refractivity contribution in [3.8, 4) is 0 Å². The third kappa shape index (κ3) is 5.08. The number of hydrogen-bond acceptors (Lipinski definition) is 4. The monoisotopic (exact) mass is 406 g/mol. The van der Waals surface area contributed by atoms with Gasteiger partial charge in [-0.1, -0.05) is 0 Å². The summed E-state index contributed by atoms with van der Waals surface area (Å²) in [6, 6.07) is 2.08. The molecule has 2 heterocycles. The highest BCUT2D eigenvalue weighted by molar-refractivity contribution is 14.0. The molecule has 0 amide bonds. The number of rotatable bonds is 5. The third-order valence-electron chi connectivity index (χ3n) is 2.56. The van der Waals surface area contributed by atoms with Gasteiger partial charge in [0.1, 0.15) is 6.33 Å². The third-order valence-corrected chi connectivity index (χ3v) is 3.30. The van der Waals surface area contributed by atoms with E-state index < -0.39 is 0 Å². The Kier molecular flexibility index (Phi) is 7.52. The van der Waals surface area contributed by atoms with Crippen molar-refractivity contribution in [3.05, 3.63) is 34.5 Å². The minimum Gasteiger partial charge on any atom is -0.357 e. The number of halogens is 1. The van der Waals surface area contributed by atoms with Crippen LogP contribution in [0.2, 0.25) is 0 Å². The van der Waals surface area contributed by atoms with Gasteiger partial charge in [0, 0.05) is 13.6 Å². The molecule has 0 aliphatic carbocycles. The molecule has 20 heavy (non-hydrogen) atoms. The molecule has 2 aromatic heterocycles. The van der Waals surface area contributed by atoms with Crippen LogP contribution in [0, 0.1) is 0 Å². The Morgan fingerprint density at radius 2 is 2.30 bits per heavy atom. The van der Waals surface area contributed by atoms with E-state index in [0.29, 0.717) is 13.1 Å². The topological polar surface area (TPSA) is 67.1 Å². The van der Waals surface area contributed by atoms with Gasteiger partial charge in [-0.15, -0.1) is 34.2 Å². The molecule has 2 rings (SSSR count). The second kappa shape index (κ2) is 8.90. The first-order chi connectivity index (χ1) is 9.29. The fraction of sp³-hybridized carbons (Fsp3) is 0.417. The van der Waals surface area contributed by atoms with E-state index in [1.54, 1.807) is 17.7 Å². The zero-order chi connectivity index (χ0) is 13.5. The zero-order valence-electron chi connectivity index (χ0n) is 11.5. The fourth-order valence-corrected chi connectivity index (χ4v) is 2.18. The number of aromatic nitrogens is 3. The summed E-state index contributed by atoms with van der Waals surface area (Å²) >= 11 is 1.69. The molecule has 0 aliphatic heterocycles. The molecule has 2 N–H and O–H groups in total. The van der Waals surface area contributed by atoms with Crippen molar-refractivity contribution in [1.29, 1.82) is 0 Å². The largest absolute Gasteiger partial charge is 0.357 e. The number of guanidine groups is 1. The molecule has 0 aliphatic rings. The first-order valence-corrected chi connectivity index (χ1v) is 7.10. The molecule has 0 spiro atoms. The predicted octanol–water partition coefficient (Wildman–Crippen LogP) is 1.75. The van der Waals surface area contributed by atoms with Gasteiger partial charge in [0.15, 0.2) is 11.8 Å². The maximum atomic E-state index is 4.53. The molecule has 0 fully saturated rings. The van der Waals surface area contributed by atoms with Gasteiger partial charge in [0.2, 0.25) is 0 Å². The Bertz CT molecular complexity index is 522. The Labute approximate surface area is 139 Å². The summed E-state index contributed by atoms with van der Waals surface area (Å²) in [6.45, 7) is 4.15. The molecule has 0 radical (unpaired) electrons. The van der Waals surface area contributed by atoms with E-state index in [2.05, 4.69) is 42.6 Å². The van der Waals surface area contributed by atoms with Gasteiger partial charge in [-0.25, -0.2) is 4.99 Å². The number of hydrogen-bond donors (Lipinski definition) is 2. The van der Waals surface area contributed by atoms with Crippen LogP contribution in [-0.2, 0) is 20.1 Å². The average Bonchev–Trinajstić information content (AvgIpc) is 3.04. The lowest BCUT2D eigenvalue weighted by atomic mass is 10.3. The first kappa shape index (κ1) is 16.9. The smallest absolute Gasteiger partial charge is 0.191 e. The average molecular weight is 406 g/mol. The highest BCUT2D eigenvalue weighted by Gasteiger charge is 2.02. The summed E-state index contributed by atoms with van der Waals surface area (Å²) in [5, 5.41) is 18.5. The summed E-state index contributed by atoms with van der Waals surface area (Å²) in [5.41, 5.74) is 1.22. The molecule has 0 unspecified atom stereocenters. The van der Waals surface area contributed by atoms with Crippen molar-refractivity contribution in [2.45, 2.75) is 20.0 Å². The van der Waals surface area contributed by atoms with E-state index >= 15 is 0 Å². The Morgan fingerprint density at radius 1 is 1.45 bits per heavy atom. The van der Waals surface area contributed by atoms with E-state index in [1.165, 1.54) is 5.56 Å². The van der Waals surface area contributed by atoms with Crippen molar-refractivity contribution < 1.29 is 0 Å². The molecular weight excluding hydrogens is 387 g/mol. The van der Waals surface area contributed by atoms with E-state index in [-0.39, 0.29) is 24.0 Å². The van der Waals surface area contributed by atoms with E-state index in [9.17, 15) is 0 Å². The van der Waals surface area contributed by atoms with Crippen molar-refractivity contribution in [2.75, 3.05) is 6.54 Å². The molecule has 0 aromatic carbocycles.